The number of hydrogen-bond donors (Lipinski definition) is 1. The molecule has 0 saturated carbocycles. The molecule has 0 saturated heterocycles. The highest BCUT2D eigenvalue weighted by Gasteiger charge is 2.29. The van der Waals surface area contributed by atoms with E-state index in [9.17, 15) is 18.0 Å². The van der Waals surface area contributed by atoms with Gasteiger partial charge in [-0.15, -0.1) is 0 Å². The van der Waals surface area contributed by atoms with Crippen LogP contribution in [-0.4, -0.2) is 32.3 Å². The average molecular weight is 360 g/mol. The fraction of sp³-hybridized carbons (Fsp3) is 0.500. The number of aromatic amines is 1. The van der Waals surface area contributed by atoms with Crippen LogP contribution in [0.2, 0.25) is 0 Å². The molecule has 0 spiro atoms. The van der Waals surface area contributed by atoms with E-state index in [-0.39, 0.29) is 17.2 Å². The first-order chi connectivity index (χ1) is 11.3. The van der Waals surface area contributed by atoms with Gasteiger partial charge in [-0.25, -0.2) is 9.97 Å². The second kappa shape index (κ2) is 6.50. The second-order valence-electron chi connectivity index (χ2n) is 5.45. The van der Waals surface area contributed by atoms with Gasteiger partial charge in [-0.2, -0.15) is 13.2 Å². The first-order valence-electron chi connectivity index (χ1n) is 7.28. The number of fused-ring (bicyclic) bond motifs is 1. The summed E-state index contributed by atoms with van der Waals surface area (Å²) in [6.45, 7) is -1.39. The fourth-order valence-corrected chi connectivity index (χ4v) is 3.43. The van der Waals surface area contributed by atoms with E-state index in [2.05, 4.69) is 15.0 Å². The molecule has 0 unspecified atom stereocenters. The van der Waals surface area contributed by atoms with Crippen LogP contribution >= 0.6 is 11.8 Å². The maximum atomic E-state index is 12.3. The van der Waals surface area contributed by atoms with Crippen molar-refractivity contribution in [1.82, 2.24) is 19.5 Å². The maximum Gasteiger partial charge on any atom is 0.422 e. The van der Waals surface area contributed by atoms with E-state index in [1.807, 2.05) is 0 Å². The molecule has 10 heteroatoms. The van der Waals surface area contributed by atoms with Crippen molar-refractivity contribution >= 4 is 11.8 Å². The van der Waals surface area contributed by atoms with Gasteiger partial charge < -0.3 is 14.3 Å². The highest BCUT2D eigenvalue weighted by atomic mass is 32.2. The Morgan fingerprint density at radius 2 is 2.21 bits per heavy atom. The number of aromatic nitrogens is 4. The van der Waals surface area contributed by atoms with Crippen molar-refractivity contribution in [2.45, 2.75) is 36.3 Å². The summed E-state index contributed by atoms with van der Waals surface area (Å²) in [5.74, 6) is 0.219. The number of nitrogens with zero attached hydrogens (tertiary/aromatic N) is 3. The summed E-state index contributed by atoms with van der Waals surface area (Å²) in [7, 11) is 1.67. The van der Waals surface area contributed by atoms with Crippen molar-refractivity contribution in [1.29, 1.82) is 0 Å². The topological polar surface area (TPSA) is 72.8 Å². The molecule has 6 nitrogen and oxygen atoms in total. The molecule has 130 valence electrons. The van der Waals surface area contributed by atoms with Crippen molar-refractivity contribution < 1.29 is 17.9 Å². The molecule has 0 bridgehead atoms. The van der Waals surface area contributed by atoms with Crippen LogP contribution in [0, 0.1) is 0 Å². The van der Waals surface area contributed by atoms with Crippen molar-refractivity contribution in [2.24, 2.45) is 7.05 Å². The quantitative estimate of drug-likeness (QED) is 0.654. The molecule has 2 aromatic heterocycles. The van der Waals surface area contributed by atoms with Gasteiger partial charge in [0, 0.05) is 18.4 Å². The predicted molar refractivity (Wildman–Crippen MR) is 81.2 cm³/mol. The van der Waals surface area contributed by atoms with E-state index < -0.39 is 12.8 Å². The molecule has 0 fully saturated rings. The van der Waals surface area contributed by atoms with Crippen molar-refractivity contribution in [3.05, 3.63) is 33.6 Å². The Kier molecular flexibility index (Phi) is 4.57. The van der Waals surface area contributed by atoms with Gasteiger partial charge in [-0.05, 0) is 19.3 Å². The first-order valence-corrected chi connectivity index (χ1v) is 8.26. The molecular weight excluding hydrogens is 345 g/mol. The highest BCUT2D eigenvalue weighted by Crippen LogP contribution is 2.27. The normalized spacial score (nSPS) is 14.0. The highest BCUT2D eigenvalue weighted by molar-refractivity contribution is 7.98. The third kappa shape index (κ3) is 3.74. The molecule has 0 radical (unpaired) electrons. The second-order valence-corrected chi connectivity index (χ2v) is 6.41. The predicted octanol–water partition coefficient (Wildman–Crippen LogP) is 2.23. The lowest BCUT2D eigenvalue weighted by Crippen LogP contribution is -2.20. The number of imidazole rings is 1. The van der Waals surface area contributed by atoms with E-state index in [4.69, 9.17) is 4.74 Å². The number of hydrogen-bond acceptors (Lipinski definition) is 5. The third-order valence-corrected chi connectivity index (χ3v) is 4.54. The largest absolute Gasteiger partial charge is 0.467 e. The molecule has 1 N–H and O–H groups in total. The Bertz CT molecular complexity index is 800. The van der Waals surface area contributed by atoms with E-state index in [0.29, 0.717) is 10.9 Å². The zero-order valence-electron chi connectivity index (χ0n) is 12.8. The minimum absolute atomic E-state index is 0.0640. The summed E-state index contributed by atoms with van der Waals surface area (Å²) in [4.78, 5) is 22.9. The smallest absolute Gasteiger partial charge is 0.422 e. The van der Waals surface area contributed by atoms with Crippen LogP contribution in [0.1, 0.15) is 23.4 Å². The number of H-pyrrole nitrogens is 1. The lowest BCUT2D eigenvalue weighted by Gasteiger charge is -2.10. The molecule has 2 heterocycles. The van der Waals surface area contributed by atoms with E-state index in [1.165, 1.54) is 18.1 Å². The molecule has 2 aromatic rings. The summed E-state index contributed by atoms with van der Waals surface area (Å²) in [5, 5.41) is 0.448. The van der Waals surface area contributed by atoms with Crippen LogP contribution in [-0.2, 0) is 25.6 Å². The van der Waals surface area contributed by atoms with E-state index >= 15 is 0 Å². The lowest BCUT2D eigenvalue weighted by atomic mass is 10.3. The fourth-order valence-electron chi connectivity index (χ4n) is 2.49. The molecule has 1 aliphatic carbocycles. The number of alkyl halides is 3. The molecule has 0 aliphatic heterocycles. The number of halogens is 3. The van der Waals surface area contributed by atoms with Gasteiger partial charge in [0.25, 0.3) is 5.56 Å². The van der Waals surface area contributed by atoms with E-state index in [1.54, 1.807) is 11.6 Å². The molecule has 0 atom stereocenters. The van der Waals surface area contributed by atoms with Crippen LogP contribution in [0.15, 0.2) is 16.3 Å². The first kappa shape index (κ1) is 16.9. The van der Waals surface area contributed by atoms with Gasteiger partial charge in [0.2, 0.25) is 5.88 Å². The number of aryl methyl sites for hydroxylation is 2. The van der Waals surface area contributed by atoms with Gasteiger partial charge in [0.05, 0.1) is 17.7 Å². The van der Waals surface area contributed by atoms with E-state index in [0.717, 1.165) is 30.5 Å². The Morgan fingerprint density at radius 1 is 1.42 bits per heavy atom. The third-order valence-electron chi connectivity index (χ3n) is 3.66. The van der Waals surface area contributed by atoms with Crippen LogP contribution in [0.25, 0.3) is 0 Å². The Labute approximate surface area is 139 Å². The molecule has 1 aliphatic rings. The van der Waals surface area contributed by atoms with Crippen molar-refractivity contribution in [2.75, 3.05) is 6.61 Å². The van der Waals surface area contributed by atoms with Gasteiger partial charge in [-0.3, -0.25) is 4.79 Å². The standard InChI is InChI=1S/C14H15F3N4O2S/c1-21-7-18-12(23-6-14(15,16)17)10(21)5-24-13-19-9-4-2-3-8(9)11(22)20-13/h7H,2-6H2,1H3,(H,19,20,22). The Balaban J connectivity index is 1.72. The van der Waals surface area contributed by atoms with Crippen LogP contribution in [0.4, 0.5) is 13.2 Å². The molecule has 0 aromatic carbocycles. The molecule has 0 amide bonds. The average Bonchev–Trinajstić information content (AvgIpc) is 3.09. The van der Waals surface area contributed by atoms with Crippen molar-refractivity contribution in [3.8, 4) is 5.88 Å². The Hall–Kier alpha value is -1.97. The zero-order chi connectivity index (χ0) is 17.3. The van der Waals surface area contributed by atoms with Crippen LogP contribution < -0.4 is 10.3 Å². The number of rotatable bonds is 5. The minimum Gasteiger partial charge on any atom is -0.467 e. The van der Waals surface area contributed by atoms with Gasteiger partial charge in [0.15, 0.2) is 11.8 Å². The number of ether oxygens (including phenoxy) is 1. The van der Waals surface area contributed by atoms with Gasteiger partial charge >= 0.3 is 6.18 Å². The zero-order valence-corrected chi connectivity index (χ0v) is 13.6. The van der Waals surface area contributed by atoms with Crippen molar-refractivity contribution in [3.63, 3.8) is 0 Å². The number of nitrogens with one attached hydrogen (secondary N) is 1. The summed E-state index contributed by atoms with van der Waals surface area (Å²) < 4.78 is 43.2. The van der Waals surface area contributed by atoms with Gasteiger partial charge in [0.1, 0.15) is 0 Å². The molecular formula is C14H15F3N4O2S. The summed E-state index contributed by atoms with van der Waals surface area (Å²) in [6.07, 6.45) is -0.607. The summed E-state index contributed by atoms with van der Waals surface area (Å²) in [5.41, 5.74) is 1.89. The number of thioether (sulfide) groups is 1. The van der Waals surface area contributed by atoms with Crippen LogP contribution in [0.3, 0.4) is 0 Å². The Morgan fingerprint density at radius 3 is 2.96 bits per heavy atom. The monoisotopic (exact) mass is 360 g/mol. The minimum atomic E-state index is -4.42. The van der Waals surface area contributed by atoms with Crippen LogP contribution in [0.5, 0.6) is 5.88 Å². The SMILES string of the molecule is Cn1cnc(OCC(F)(F)F)c1CSc1nc2c(c(=O)[nH]1)CCC2. The molecule has 24 heavy (non-hydrogen) atoms. The van der Waals surface area contributed by atoms with Gasteiger partial charge in [-0.1, -0.05) is 11.8 Å². The lowest BCUT2D eigenvalue weighted by molar-refractivity contribution is -0.154. The summed E-state index contributed by atoms with van der Waals surface area (Å²) >= 11 is 1.23. The maximum absolute atomic E-state index is 12.3. The summed E-state index contributed by atoms with van der Waals surface area (Å²) in [6, 6.07) is 0. The molecule has 3 rings (SSSR count).